The van der Waals surface area contributed by atoms with E-state index in [-0.39, 0.29) is 5.91 Å². The molecule has 2 aliphatic heterocycles. The number of nitrogens with zero attached hydrogens (tertiary/aromatic N) is 2. The summed E-state index contributed by atoms with van der Waals surface area (Å²) in [4.78, 5) is 16.8. The Morgan fingerprint density at radius 3 is 2.76 bits per heavy atom. The standard InChI is InChI=1S/C17H25N3O/c1-19-7-5-13(6-8-19)12-20(2)17(21)14-3-4-15-10-18-11-16(15)9-14/h3-4,9,13,18H,5-8,10-12H2,1-2H3. The SMILES string of the molecule is CN1CCC(CN(C)C(=O)c2ccc3c(c2)CNC3)CC1. The van der Waals surface area contributed by atoms with E-state index in [0.717, 1.165) is 38.3 Å². The third-order valence-corrected chi connectivity index (χ3v) is 4.80. The van der Waals surface area contributed by atoms with Gasteiger partial charge in [-0.15, -0.1) is 0 Å². The minimum Gasteiger partial charge on any atom is -0.341 e. The zero-order valence-corrected chi connectivity index (χ0v) is 13.1. The first-order valence-electron chi connectivity index (χ1n) is 7.90. The molecule has 2 heterocycles. The number of carbonyl (C=O) groups excluding carboxylic acids is 1. The van der Waals surface area contributed by atoms with Crippen molar-refractivity contribution in [2.75, 3.05) is 33.7 Å². The number of hydrogen-bond donors (Lipinski definition) is 1. The van der Waals surface area contributed by atoms with E-state index in [1.54, 1.807) is 0 Å². The number of benzene rings is 1. The van der Waals surface area contributed by atoms with Crippen LogP contribution in [0.25, 0.3) is 0 Å². The molecular weight excluding hydrogens is 262 g/mol. The molecule has 114 valence electrons. The number of rotatable bonds is 3. The Balaban J connectivity index is 1.62. The number of carbonyl (C=O) groups is 1. The summed E-state index contributed by atoms with van der Waals surface area (Å²) in [5, 5.41) is 3.32. The van der Waals surface area contributed by atoms with Gasteiger partial charge < -0.3 is 15.1 Å². The highest BCUT2D eigenvalue weighted by Gasteiger charge is 2.21. The molecule has 1 fully saturated rings. The number of hydrogen-bond acceptors (Lipinski definition) is 3. The van der Waals surface area contributed by atoms with Crippen LogP contribution in [0, 0.1) is 5.92 Å². The van der Waals surface area contributed by atoms with Gasteiger partial charge in [-0.2, -0.15) is 0 Å². The van der Waals surface area contributed by atoms with E-state index in [0.29, 0.717) is 5.92 Å². The van der Waals surface area contributed by atoms with Gasteiger partial charge in [-0.1, -0.05) is 6.07 Å². The Labute approximate surface area is 127 Å². The van der Waals surface area contributed by atoms with Crippen molar-refractivity contribution >= 4 is 5.91 Å². The lowest BCUT2D eigenvalue weighted by Gasteiger charge is -2.31. The van der Waals surface area contributed by atoms with E-state index < -0.39 is 0 Å². The predicted octanol–water partition coefficient (Wildman–Crippen LogP) is 1.70. The molecule has 0 unspecified atom stereocenters. The van der Waals surface area contributed by atoms with E-state index in [1.165, 1.54) is 24.0 Å². The number of likely N-dealkylation sites (tertiary alicyclic amines) is 1. The lowest BCUT2D eigenvalue weighted by Crippen LogP contribution is -2.38. The molecule has 1 aromatic rings. The highest BCUT2D eigenvalue weighted by molar-refractivity contribution is 5.94. The fourth-order valence-electron chi connectivity index (χ4n) is 3.36. The van der Waals surface area contributed by atoms with Crippen molar-refractivity contribution in [3.05, 3.63) is 34.9 Å². The number of fused-ring (bicyclic) bond motifs is 1. The quantitative estimate of drug-likeness (QED) is 0.919. The molecule has 2 aliphatic rings. The lowest BCUT2D eigenvalue weighted by molar-refractivity contribution is 0.0747. The summed E-state index contributed by atoms with van der Waals surface area (Å²) in [5.74, 6) is 0.801. The number of nitrogens with one attached hydrogen (secondary N) is 1. The molecule has 1 aromatic carbocycles. The van der Waals surface area contributed by atoms with Crippen LogP contribution in [0.2, 0.25) is 0 Å². The van der Waals surface area contributed by atoms with Gasteiger partial charge in [0.25, 0.3) is 5.91 Å². The van der Waals surface area contributed by atoms with Gasteiger partial charge in [0.2, 0.25) is 0 Å². The van der Waals surface area contributed by atoms with Crippen LogP contribution in [-0.2, 0) is 13.1 Å². The average Bonchev–Trinajstić information content (AvgIpc) is 2.96. The Hall–Kier alpha value is -1.39. The van der Waals surface area contributed by atoms with E-state index >= 15 is 0 Å². The molecule has 0 radical (unpaired) electrons. The van der Waals surface area contributed by atoms with Crippen molar-refractivity contribution in [2.24, 2.45) is 5.92 Å². The molecule has 1 saturated heterocycles. The van der Waals surface area contributed by atoms with Crippen molar-refractivity contribution in [3.8, 4) is 0 Å². The van der Waals surface area contributed by atoms with Gasteiger partial charge in [-0.3, -0.25) is 4.79 Å². The van der Waals surface area contributed by atoms with Gasteiger partial charge in [0.15, 0.2) is 0 Å². The fourth-order valence-corrected chi connectivity index (χ4v) is 3.36. The molecule has 0 saturated carbocycles. The van der Waals surface area contributed by atoms with E-state index in [2.05, 4.69) is 29.4 Å². The smallest absolute Gasteiger partial charge is 0.253 e. The Bertz CT molecular complexity index is 521. The summed E-state index contributed by atoms with van der Waals surface area (Å²) in [6.45, 7) is 4.99. The predicted molar refractivity (Wildman–Crippen MR) is 84.2 cm³/mol. The average molecular weight is 287 g/mol. The molecule has 0 bridgehead atoms. The van der Waals surface area contributed by atoms with Crippen molar-refractivity contribution in [1.29, 1.82) is 0 Å². The van der Waals surface area contributed by atoms with Crippen molar-refractivity contribution in [1.82, 2.24) is 15.1 Å². The summed E-state index contributed by atoms with van der Waals surface area (Å²) in [7, 11) is 4.11. The van der Waals surface area contributed by atoms with Crippen LogP contribution < -0.4 is 5.32 Å². The topological polar surface area (TPSA) is 35.6 Å². The fraction of sp³-hybridized carbons (Fsp3) is 0.588. The molecular formula is C17H25N3O. The maximum atomic E-state index is 12.6. The van der Waals surface area contributed by atoms with E-state index in [1.807, 2.05) is 18.0 Å². The molecule has 3 rings (SSSR count). The maximum absolute atomic E-state index is 12.6. The van der Waals surface area contributed by atoms with Crippen molar-refractivity contribution in [2.45, 2.75) is 25.9 Å². The van der Waals surface area contributed by atoms with Crippen LogP contribution in [0.1, 0.15) is 34.3 Å². The molecule has 4 nitrogen and oxygen atoms in total. The zero-order valence-electron chi connectivity index (χ0n) is 13.1. The molecule has 1 N–H and O–H groups in total. The molecule has 0 atom stereocenters. The van der Waals surface area contributed by atoms with E-state index in [9.17, 15) is 4.79 Å². The maximum Gasteiger partial charge on any atom is 0.253 e. The summed E-state index contributed by atoms with van der Waals surface area (Å²) in [5.41, 5.74) is 3.42. The summed E-state index contributed by atoms with van der Waals surface area (Å²) in [6, 6.07) is 6.12. The second kappa shape index (κ2) is 6.16. The third-order valence-electron chi connectivity index (χ3n) is 4.80. The molecule has 0 aliphatic carbocycles. The first-order valence-corrected chi connectivity index (χ1v) is 7.90. The number of amides is 1. The van der Waals surface area contributed by atoms with Crippen LogP contribution in [0.4, 0.5) is 0 Å². The first kappa shape index (κ1) is 14.5. The Morgan fingerprint density at radius 2 is 2.00 bits per heavy atom. The van der Waals surface area contributed by atoms with Gasteiger partial charge in [-0.25, -0.2) is 0 Å². The van der Waals surface area contributed by atoms with Gasteiger partial charge in [0.1, 0.15) is 0 Å². The summed E-state index contributed by atoms with van der Waals surface area (Å²) >= 11 is 0. The zero-order chi connectivity index (χ0) is 14.8. The van der Waals surface area contributed by atoms with Crippen LogP contribution in [0.15, 0.2) is 18.2 Å². The van der Waals surface area contributed by atoms with Crippen molar-refractivity contribution in [3.63, 3.8) is 0 Å². The van der Waals surface area contributed by atoms with Crippen LogP contribution >= 0.6 is 0 Å². The highest BCUT2D eigenvalue weighted by Crippen LogP contribution is 2.20. The van der Waals surface area contributed by atoms with Gasteiger partial charge in [-0.05, 0) is 62.2 Å². The molecule has 4 heteroatoms. The number of piperidine rings is 1. The van der Waals surface area contributed by atoms with Crippen LogP contribution in [-0.4, -0.2) is 49.4 Å². The molecule has 1 amide bonds. The first-order chi connectivity index (χ1) is 10.1. The van der Waals surface area contributed by atoms with Gasteiger partial charge in [0.05, 0.1) is 0 Å². The van der Waals surface area contributed by atoms with Gasteiger partial charge >= 0.3 is 0 Å². The highest BCUT2D eigenvalue weighted by atomic mass is 16.2. The Morgan fingerprint density at radius 1 is 1.29 bits per heavy atom. The van der Waals surface area contributed by atoms with Gasteiger partial charge in [0, 0.05) is 32.2 Å². The Kier molecular flexibility index (Phi) is 4.27. The largest absolute Gasteiger partial charge is 0.341 e. The van der Waals surface area contributed by atoms with Crippen LogP contribution in [0.3, 0.4) is 0 Å². The molecule has 0 aromatic heterocycles. The second-order valence-electron chi connectivity index (χ2n) is 6.52. The third kappa shape index (κ3) is 3.27. The van der Waals surface area contributed by atoms with Crippen molar-refractivity contribution < 1.29 is 4.79 Å². The normalized spacial score (nSPS) is 19.5. The summed E-state index contributed by atoms with van der Waals surface area (Å²) in [6.07, 6.45) is 2.39. The second-order valence-corrected chi connectivity index (χ2v) is 6.52. The lowest BCUT2D eigenvalue weighted by atomic mass is 9.96. The van der Waals surface area contributed by atoms with Crippen LogP contribution in [0.5, 0.6) is 0 Å². The minimum atomic E-state index is 0.156. The minimum absolute atomic E-state index is 0.156. The molecule has 0 spiro atoms. The summed E-state index contributed by atoms with van der Waals surface area (Å²) < 4.78 is 0. The monoisotopic (exact) mass is 287 g/mol. The molecule has 21 heavy (non-hydrogen) atoms. The van der Waals surface area contributed by atoms with E-state index in [4.69, 9.17) is 0 Å².